The molecule has 0 aliphatic heterocycles. The summed E-state index contributed by atoms with van der Waals surface area (Å²) in [6.07, 6.45) is 2.48. The third kappa shape index (κ3) is 2.62. The van der Waals surface area contributed by atoms with Crippen LogP contribution >= 0.6 is 23.2 Å². The van der Waals surface area contributed by atoms with Crippen LogP contribution in [0.1, 0.15) is 19.8 Å². The zero-order valence-electron chi connectivity index (χ0n) is 9.17. The Kier molecular flexibility index (Phi) is 3.95. The van der Waals surface area contributed by atoms with Crippen LogP contribution in [0.2, 0.25) is 10.0 Å². The van der Waals surface area contributed by atoms with Gasteiger partial charge in [0.05, 0.1) is 21.8 Å². The van der Waals surface area contributed by atoms with Gasteiger partial charge in [-0.3, -0.25) is 0 Å². The van der Waals surface area contributed by atoms with Crippen LogP contribution in [0.5, 0.6) is 0 Å². The van der Waals surface area contributed by atoms with Crippen LogP contribution in [-0.2, 0) is 4.74 Å². The first-order valence-electron chi connectivity index (χ1n) is 5.53. The van der Waals surface area contributed by atoms with E-state index in [0.29, 0.717) is 22.2 Å². The molecule has 1 aromatic carbocycles. The average molecular weight is 260 g/mol. The van der Waals surface area contributed by atoms with E-state index in [0.717, 1.165) is 25.1 Å². The third-order valence-electron chi connectivity index (χ3n) is 2.81. The van der Waals surface area contributed by atoms with Gasteiger partial charge in [-0.2, -0.15) is 0 Å². The first-order chi connectivity index (χ1) is 7.70. The van der Waals surface area contributed by atoms with Crippen molar-refractivity contribution in [3.63, 3.8) is 0 Å². The van der Waals surface area contributed by atoms with E-state index in [1.807, 2.05) is 19.1 Å². The molecule has 1 aliphatic carbocycles. The van der Waals surface area contributed by atoms with E-state index < -0.39 is 0 Å². The maximum atomic E-state index is 6.09. The van der Waals surface area contributed by atoms with Gasteiger partial charge in [-0.15, -0.1) is 0 Å². The Hall–Kier alpha value is -0.440. The van der Waals surface area contributed by atoms with Crippen molar-refractivity contribution in [2.45, 2.75) is 31.9 Å². The van der Waals surface area contributed by atoms with Gasteiger partial charge < -0.3 is 10.1 Å². The first-order valence-corrected chi connectivity index (χ1v) is 6.28. The lowest BCUT2D eigenvalue weighted by Gasteiger charge is -2.36. The molecule has 2 rings (SSSR count). The lowest BCUT2D eigenvalue weighted by atomic mass is 9.89. The van der Waals surface area contributed by atoms with Gasteiger partial charge in [0.15, 0.2) is 0 Å². The second kappa shape index (κ2) is 5.26. The second-order valence-electron chi connectivity index (χ2n) is 3.99. The second-order valence-corrected chi connectivity index (χ2v) is 4.78. The van der Waals surface area contributed by atoms with Gasteiger partial charge in [-0.1, -0.05) is 29.3 Å². The molecule has 0 heterocycles. The molecule has 1 saturated carbocycles. The molecule has 0 unspecified atom stereocenters. The van der Waals surface area contributed by atoms with Crippen LogP contribution in [0.15, 0.2) is 18.2 Å². The molecule has 0 atom stereocenters. The van der Waals surface area contributed by atoms with Crippen molar-refractivity contribution in [3.8, 4) is 0 Å². The van der Waals surface area contributed by atoms with Gasteiger partial charge in [0, 0.05) is 12.6 Å². The Balaban J connectivity index is 1.89. The number of halogens is 2. The van der Waals surface area contributed by atoms with E-state index >= 15 is 0 Å². The fourth-order valence-corrected chi connectivity index (χ4v) is 2.25. The molecule has 88 valence electrons. The molecule has 2 nitrogen and oxygen atoms in total. The first kappa shape index (κ1) is 12.0. The van der Waals surface area contributed by atoms with E-state index in [4.69, 9.17) is 27.9 Å². The van der Waals surface area contributed by atoms with Gasteiger partial charge in [-0.05, 0) is 31.9 Å². The van der Waals surface area contributed by atoms with Crippen molar-refractivity contribution in [2.75, 3.05) is 11.9 Å². The summed E-state index contributed by atoms with van der Waals surface area (Å²) in [6.45, 7) is 2.81. The summed E-state index contributed by atoms with van der Waals surface area (Å²) in [5, 5.41) is 4.57. The number of nitrogens with one attached hydrogen (secondary N) is 1. The van der Waals surface area contributed by atoms with Crippen molar-refractivity contribution in [3.05, 3.63) is 28.2 Å². The van der Waals surface area contributed by atoms with Crippen molar-refractivity contribution in [1.82, 2.24) is 0 Å². The number of hydrogen-bond donors (Lipinski definition) is 1. The summed E-state index contributed by atoms with van der Waals surface area (Å²) in [4.78, 5) is 0. The van der Waals surface area contributed by atoms with Crippen molar-refractivity contribution in [1.29, 1.82) is 0 Å². The molecule has 1 N–H and O–H groups in total. The maximum absolute atomic E-state index is 6.09. The van der Waals surface area contributed by atoms with E-state index in [-0.39, 0.29) is 0 Å². The molecule has 0 amide bonds. The summed E-state index contributed by atoms with van der Waals surface area (Å²) in [5.41, 5.74) is 0.911. The smallest absolute Gasteiger partial charge is 0.0823 e. The van der Waals surface area contributed by atoms with E-state index in [9.17, 15) is 0 Å². The normalized spacial score (nSPS) is 23.9. The lowest BCUT2D eigenvalue weighted by Crippen LogP contribution is -2.40. The van der Waals surface area contributed by atoms with Gasteiger partial charge >= 0.3 is 0 Å². The van der Waals surface area contributed by atoms with Gasteiger partial charge in [-0.25, -0.2) is 0 Å². The van der Waals surface area contributed by atoms with Crippen LogP contribution < -0.4 is 5.32 Å². The Morgan fingerprint density at radius 2 is 2.12 bits per heavy atom. The summed E-state index contributed by atoms with van der Waals surface area (Å²) < 4.78 is 5.50. The minimum Gasteiger partial charge on any atom is -0.381 e. The van der Waals surface area contributed by atoms with E-state index in [1.165, 1.54) is 0 Å². The summed E-state index contributed by atoms with van der Waals surface area (Å²) in [7, 11) is 0. The van der Waals surface area contributed by atoms with E-state index in [2.05, 4.69) is 5.32 Å². The fraction of sp³-hybridized carbons (Fsp3) is 0.500. The SMILES string of the molecule is CCOC1CC(Nc2cccc(Cl)c2Cl)C1. The van der Waals surface area contributed by atoms with E-state index in [1.54, 1.807) is 6.07 Å². The number of ether oxygens (including phenoxy) is 1. The highest BCUT2D eigenvalue weighted by Crippen LogP contribution is 2.33. The van der Waals surface area contributed by atoms with Gasteiger partial charge in [0.25, 0.3) is 0 Å². The van der Waals surface area contributed by atoms with Crippen molar-refractivity contribution in [2.24, 2.45) is 0 Å². The molecule has 0 bridgehead atoms. The molecule has 0 radical (unpaired) electrons. The monoisotopic (exact) mass is 259 g/mol. The highest BCUT2D eigenvalue weighted by Gasteiger charge is 2.29. The topological polar surface area (TPSA) is 21.3 Å². The lowest BCUT2D eigenvalue weighted by molar-refractivity contribution is 0.00299. The quantitative estimate of drug-likeness (QED) is 0.884. The largest absolute Gasteiger partial charge is 0.381 e. The molecular weight excluding hydrogens is 245 g/mol. The highest BCUT2D eigenvalue weighted by molar-refractivity contribution is 6.43. The Labute approximate surface area is 106 Å². The van der Waals surface area contributed by atoms with Crippen LogP contribution in [0.3, 0.4) is 0 Å². The molecule has 4 heteroatoms. The minimum atomic E-state index is 0.403. The predicted octanol–water partition coefficient (Wildman–Crippen LogP) is 3.97. The van der Waals surface area contributed by atoms with Gasteiger partial charge in [0.1, 0.15) is 0 Å². The molecule has 0 aromatic heterocycles. The fourth-order valence-electron chi connectivity index (χ4n) is 1.89. The minimum absolute atomic E-state index is 0.403. The highest BCUT2D eigenvalue weighted by atomic mass is 35.5. The standard InChI is InChI=1S/C12H15Cl2NO/c1-2-16-9-6-8(7-9)15-11-5-3-4-10(13)12(11)14/h3-5,8-9,15H,2,6-7H2,1H3. The molecule has 1 fully saturated rings. The maximum Gasteiger partial charge on any atom is 0.0823 e. The van der Waals surface area contributed by atoms with Crippen LogP contribution in [-0.4, -0.2) is 18.8 Å². The van der Waals surface area contributed by atoms with Crippen LogP contribution in [0.4, 0.5) is 5.69 Å². The number of benzene rings is 1. The van der Waals surface area contributed by atoms with Crippen LogP contribution in [0.25, 0.3) is 0 Å². The number of hydrogen-bond acceptors (Lipinski definition) is 2. The summed E-state index contributed by atoms with van der Waals surface area (Å²) in [5.74, 6) is 0. The number of rotatable bonds is 4. The molecular formula is C12H15Cl2NO. The zero-order valence-corrected chi connectivity index (χ0v) is 10.7. The summed E-state index contributed by atoms with van der Waals surface area (Å²) >= 11 is 12.0. The molecule has 16 heavy (non-hydrogen) atoms. The van der Waals surface area contributed by atoms with Crippen molar-refractivity contribution >= 4 is 28.9 Å². The third-order valence-corrected chi connectivity index (χ3v) is 3.63. The molecule has 1 aromatic rings. The van der Waals surface area contributed by atoms with Crippen molar-refractivity contribution < 1.29 is 4.74 Å². The number of anilines is 1. The Bertz CT molecular complexity index is 364. The molecule has 1 aliphatic rings. The molecule has 0 spiro atoms. The predicted molar refractivity (Wildman–Crippen MR) is 68.5 cm³/mol. The average Bonchev–Trinajstić information content (AvgIpc) is 2.21. The zero-order chi connectivity index (χ0) is 11.5. The Morgan fingerprint density at radius 3 is 2.81 bits per heavy atom. The van der Waals surface area contributed by atoms with Gasteiger partial charge in [0.2, 0.25) is 0 Å². The molecule has 0 saturated heterocycles. The Morgan fingerprint density at radius 1 is 1.38 bits per heavy atom. The van der Waals surface area contributed by atoms with Crippen LogP contribution in [0, 0.1) is 0 Å². The summed E-state index contributed by atoms with van der Waals surface area (Å²) in [6, 6.07) is 6.09.